The van der Waals surface area contributed by atoms with E-state index >= 15 is 0 Å². The lowest BCUT2D eigenvalue weighted by molar-refractivity contribution is 0.109. The van der Waals surface area contributed by atoms with Gasteiger partial charge < -0.3 is 22.1 Å². The van der Waals surface area contributed by atoms with Crippen LogP contribution < -0.4 is 0 Å². The van der Waals surface area contributed by atoms with Crippen molar-refractivity contribution < 1.29 is 22.1 Å². The van der Waals surface area contributed by atoms with Gasteiger partial charge in [-0.2, -0.15) is 0 Å². The van der Waals surface area contributed by atoms with E-state index in [-0.39, 0.29) is 5.16 Å². The van der Waals surface area contributed by atoms with Crippen molar-refractivity contribution in [2.75, 3.05) is 54.8 Å². The lowest BCUT2D eigenvalue weighted by Crippen LogP contribution is -2.64. The van der Waals surface area contributed by atoms with Gasteiger partial charge in [0.15, 0.2) is 0 Å². The molecule has 0 aromatic rings. The molecule has 0 bridgehead atoms. The zero-order chi connectivity index (χ0) is 17.2. The molecule has 1 unspecified atom stereocenters. The van der Waals surface area contributed by atoms with E-state index in [2.05, 4.69) is 18.1 Å². The van der Waals surface area contributed by atoms with Gasteiger partial charge >= 0.3 is 17.4 Å². The average molecular weight is 350 g/mol. The van der Waals surface area contributed by atoms with Crippen LogP contribution in [0.1, 0.15) is 6.92 Å². The highest BCUT2D eigenvalue weighted by molar-refractivity contribution is 6.85. The Balaban J connectivity index is 5.53. The molecule has 0 amide bonds. The van der Waals surface area contributed by atoms with Crippen molar-refractivity contribution in [1.29, 1.82) is 0 Å². The second-order valence-corrected chi connectivity index (χ2v) is 12.4. The molecule has 130 valence electrons. The third-order valence-corrected chi connectivity index (χ3v) is 12.7. The maximum absolute atomic E-state index is 5.88. The number of rotatable bonds is 13. The van der Waals surface area contributed by atoms with Crippen LogP contribution in [-0.4, -0.2) is 77.1 Å². The molecule has 0 heterocycles. The van der Waals surface area contributed by atoms with Crippen molar-refractivity contribution in [3.05, 3.63) is 25.3 Å². The number of hydrogen-bond donors (Lipinski definition) is 0. The maximum atomic E-state index is 5.88. The van der Waals surface area contributed by atoms with E-state index in [0.717, 1.165) is 13.1 Å². The first-order valence-corrected chi connectivity index (χ1v) is 11.1. The van der Waals surface area contributed by atoms with Gasteiger partial charge in [-0.15, -0.1) is 13.2 Å². The second-order valence-electron chi connectivity index (χ2n) is 4.93. The van der Waals surface area contributed by atoms with Crippen LogP contribution in [0, 0.1) is 0 Å². The molecule has 0 aromatic carbocycles. The molecule has 6 nitrogen and oxygen atoms in total. The van der Waals surface area contributed by atoms with E-state index in [1.165, 1.54) is 0 Å². The highest BCUT2D eigenvalue weighted by Crippen LogP contribution is 2.34. The fraction of sp³-hybridized carbons (Fsp3) is 0.714. The minimum Gasteiger partial charge on any atom is -0.397 e. The summed E-state index contributed by atoms with van der Waals surface area (Å²) < 4.78 is 28.6. The van der Waals surface area contributed by atoms with Gasteiger partial charge in [-0.1, -0.05) is 19.1 Å². The first-order valence-electron chi connectivity index (χ1n) is 7.15. The van der Waals surface area contributed by atoms with Gasteiger partial charge in [0.05, 0.1) is 5.16 Å². The Labute approximate surface area is 137 Å². The zero-order valence-electron chi connectivity index (χ0n) is 14.8. The minimum absolute atomic E-state index is 0.105. The molecule has 0 spiro atoms. The Morgan fingerprint density at radius 2 is 1.27 bits per heavy atom. The molecule has 0 aromatic heterocycles. The monoisotopic (exact) mass is 349 g/mol. The van der Waals surface area contributed by atoms with Crippen LogP contribution in [0.25, 0.3) is 0 Å². The van der Waals surface area contributed by atoms with Crippen molar-refractivity contribution in [3.8, 4) is 0 Å². The molecule has 0 aliphatic rings. The summed E-state index contributed by atoms with van der Waals surface area (Å²) in [5.41, 5.74) is 0. The second kappa shape index (κ2) is 10.4. The Hall–Kier alpha value is -0.326. The van der Waals surface area contributed by atoms with Crippen LogP contribution in [0.2, 0.25) is 5.16 Å². The summed E-state index contributed by atoms with van der Waals surface area (Å²) in [4.78, 5) is 2.18. The molecular weight excluding hydrogens is 318 g/mol. The van der Waals surface area contributed by atoms with Gasteiger partial charge in [0.25, 0.3) is 0 Å². The first kappa shape index (κ1) is 21.7. The lowest BCUT2D eigenvalue weighted by atomic mass is 10.5. The van der Waals surface area contributed by atoms with E-state index < -0.39 is 17.4 Å². The zero-order valence-corrected chi connectivity index (χ0v) is 16.8. The fourth-order valence-corrected chi connectivity index (χ4v) is 10.7. The Morgan fingerprint density at radius 3 is 1.55 bits per heavy atom. The quantitative estimate of drug-likeness (QED) is 0.373. The van der Waals surface area contributed by atoms with Crippen LogP contribution in [0.5, 0.6) is 0 Å². The van der Waals surface area contributed by atoms with E-state index in [1.54, 1.807) is 35.5 Å². The molecule has 0 saturated carbocycles. The van der Waals surface area contributed by atoms with Crippen molar-refractivity contribution in [2.45, 2.75) is 12.1 Å². The third-order valence-electron chi connectivity index (χ3n) is 3.95. The molecule has 0 aliphatic carbocycles. The highest BCUT2D eigenvalue weighted by atomic mass is 28.4. The average Bonchev–Trinajstić information content (AvgIpc) is 2.55. The summed E-state index contributed by atoms with van der Waals surface area (Å²) in [6.07, 6.45) is 4.35. The molecular formula is C14H31NO5Si2. The SMILES string of the molecule is C=CCN(CC=C)C[Si](OC)(OC)C(C)[Si](OC)(OC)OC. The van der Waals surface area contributed by atoms with E-state index in [1.807, 2.05) is 19.1 Å². The van der Waals surface area contributed by atoms with Gasteiger partial charge in [0.1, 0.15) is 0 Å². The maximum Gasteiger partial charge on any atom is 0.505 e. The Bertz CT molecular complexity index is 317. The molecule has 0 rings (SSSR count). The van der Waals surface area contributed by atoms with Gasteiger partial charge in [-0.3, -0.25) is 4.90 Å². The largest absolute Gasteiger partial charge is 0.505 e. The molecule has 0 aliphatic heterocycles. The minimum atomic E-state index is -2.88. The van der Waals surface area contributed by atoms with Gasteiger partial charge in [0, 0.05) is 54.8 Å². The molecule has 0 radical (unpaired) electrons. The van der Waals surface area contributed by atoms with Crippen LogP contribution in [0.3, 0.4) is 0 Å². The molecule has 1 atom stereocenters. The fourth-order valence-electron chi connectivity index (χ4n) is 2.63. The van der Waals surface area contributed by atoms with E-state index in [9.17, 15) is 0 Å². The van der Waals surface area contributed by atoms with Crippen molar-refractivity contribution >= 4 is 17.4 Å². The third kappa shape index (κ3) is 4.83. The molecule has 0 fully saturated rings. The van der Waals surface area contributed by atoms with Crippen molar-refractivity contribution in [2.24, 2.45) is 0 Å². The smallest absolute Gasteiger partial charge is 0.397 e. The summed E-state index contributed by atoms with van der Waals surface area (Å²) in [5.74, 6) is 0. The van der Waals surface area contributed by atoms with Gasteiger partial charge in [-0.25, -0.2) is 0 Å². The topological polar surface area (TPSA) is 49.4 Å². The van der Waals surface area contributed by atoms with Crippen LogP contribution >= 0.6 is 0 Å². The first-order chi connectivity index (χ1) is 10.5. The van der Waals surface area contributed by atoms with Crippen LogP contribution in [0.15, 0.2) is 25.3 Å². The lowest BCUT2D eigenvalue weighted by Gasteiger charge is -2.41. The van der Waals surface area contributed by atoms with E-state index in [0.29, 0.717) is 6.17 Å². The molecule has 8 heteroatoms. The van der Waals surface area contributed by atoms with Gasteiger partial charge in [0.2, 0.25) is 0 Å². The summed E-state index contributed by atoms with van der Waals surface area (Å²) >= 11 is 0. The molecule has 0 N–H and O–H groups in total. The number of nitrogens with zero attached hydrogens (tertiary/aromatic N) is 1. The standard InChI is InChI=1S/C14H31NO5Si2/c1-9-11-15(12-10-2)13-21(16-4,17-5)14(3)22(18-6,19-7)20-8/h9-10,14H,1-2,11-13H2,3-8H3. The molecule has 0 saturated heterocycles. The van der Waals surface area contributed by atoms with Crippen molar-refractivity contribution in [3.63, 3.8) is 0 Å². The number of hydrogen-bond acceptors (Lipinski definition) is 6. The summed E-state index contributed by atoms with van der Waals surface area (Å²) in [6, 6.07) is 0. The molecule has 22 heavy (non-hydrogen) atoms. The van der Waals surface area contributed by atoms with E-state index in [4.69, 9.17) is 22.1 Å². The van der Waals surface area contributed by atoms with Gasteiger partial charge in [-0.05, 0) is 0 Å². The predicted molar refractivity (Wildman–Crippen MR) is 92.8 cm³/mol. The summed E-state index contributed by atoms with van der Waals surface area (Å²) in [5, 5.41) is -0.105. The van der Waals surface area contributed by atoms with Crippen LogP contribution in [0.4, 0.5) is 0 Å². The summed E-state index contributed by atoms with van der Waals surface area (Å²) in [7, 11) is 2.61. The predicted octanol–water partition coefficient (Wildman–Crippen LogP) is 1.74. The highest BCUT2D eigenvalue weighted by Gasteiger charge is 2.59. The normalized spacial score (nSPS) is 14.1. The van der Waals surface area contributed by atoms with Crippen molar-refractivity contribution in [1.82, 2.24) is 4.90 Å². The van der Waals surface area contributed by atoms with Crippen LogP contribution in [-0.2, 0) is 22.1 Å². The Morgan fingerprint density at radius 1 is 0.864 bits per heavy atom. The summed E-state index contributed by atoms with van der Waals surface area (Å²) in [6.45, 7) is 11.1. The Kier molecular flexibility index (Phi) is 10.3.